The molecule has 1 rings (SSSR count). The van der Waals surface area contributed by atoms with Gasteiger partial charge < -0.3 is 5.11 Å². The summed E-state index contributed by atoms with van der Waals surface area (Å²) in [5.74, 6) is 0. The monoisotopic (exact) mass is 171 g/mol. The minimum Gasteiger partial charge on any atom is -0.392 e. The van der Waals surface area contributed by atoms with E-state index in [0.717, 1.165) is 19.1 Å². The Morgan fingerprint density at radius 1 is 1.42 bits per heavy atom. The molecule has 1 aliphatic carbocycles. The lowest BCUT2D eigenvalue weighted by Gasteiger charge is -2.28. The molecule has 0 amide bonds. The highest BCUT2D eigenvalue weighted by Crippen LogP contribution is 2.23. The zero-order valence-corrected chi connectivity index (χ0v) is 8.29. The maximum absolute atomic E-state index is 9.27. The van der Waals surface area contributed by atoms with Crippen molar-refractivity contribution >= 4 is 0 Å². The Kier molecular flexibility index (Phi) is 4.02. The summed E-state index contributed by atoms with van der Waals surface area (Å²) >= 11 is 0. The average Bonchev–Trinajstić information content (AvgIpc) is 2.51. The van der Waals surface area contributed by atoms with E-state index in [9.17, 15) is 5.11 Å². The van der Waals surface area contributed by atoms with Crippen LogP contribution in [0, 0.1) is 0 Å². The van der Waals surface area contributed by atoms with E-state index in [0.29, 0.717) is 0 Å². The molecule has 1 N–H and O–H groups in total. The van der Waals surface area contributed by atoms with Crippen molar-refractivity contribution in [3.8, 4) is 0 Å². The summed E-state index contributed by atoms with van der Waals surface area (Å²) in [6, 6.07) is 0.754. The van der Waals surface area contributed by atoms with Gasteiger partial charge >= 0.3 is 0 Å². The number of aliphatic hydroxyl groups excluding tert-OH is 1. The summed E-state index contributed by atoms with van der Waals surface area (Å²) in [6.45, 7) is 5.98. The Labute approximate surface area is 75.6 Å². The zero-order valence-electron chi connectivity index (χ0n) is 8.29. The number of rotatable bonds is 4. The predicted molar refractivity (Wildman–Crippen MR) is 51.2 cm³/mol. The molecule has 1 aliphatic rings. The Morgan fingerprint density at radius 3 is 2.42 bits per heavy atom. The summed E-state index contributed by atoms with van der Waals surface area (Å²) in [5, 5.41) is 9.27. The minimum absolute atomic E-state index is 0.175. The van der Waals surface area contributed by atoms with Gasteiger partial charge in [-0.25, -0.2) is 0 Å². The summed E-state index contributed by atoms with van der Waals surface area (Å²) in [5.41, 5.74) is 0. The Bertz CT molecular complexity index is 119. The van der Waals surface area contributed by atoms with Gasteiger partial charge in [0.25, 0.3) is 0 Å². The van der Waals surface area contributed by atoms with Crippen molar-refractivity contribution in [2.24, 2.45) is 0 Å². The number of hydrogen-bond donors (Lipinski definition) is 1. The lowest BCUT2D eigenvalue weighted by atomic mass is 10.2. The molecular formula is C10H21NO. The van der Waals surface area contributed by atoms with Crippen molar-refractivity contribution in [1.82, 2.24) is 4.90 Å². The molecule has 0 spiro atoms. The molecule has 2 nitrogen and oxygen atoms in total. The highest BCUT2D eigenvalue weighted by Gasteiger charge is 2.21. The predicted octanol–water partition coefficient (Wildman–Crippen LogP) is 1.63. The Hall–Kier alpha value is -0.0800. The molecule has 0 aliphatic heterocycles. The first-order valence-electron chi connectivity index (χ1n) is 5.16. The topological polar surface area (TPSA) is 23.5 Å². The first-order valence-corrected chi connectivity index (χ1v) is 5.16. The van der Waals surface area contributed by atoms with Crippen LogP contribution >= 0.6 is 0 Å². The number of nitrogens with zero attached hydrogens (tertiary/aromatic N) is 1. The van der Waals surface area contributed by atoms with Gasteiger partial charge in [-0.15, -0.1) is 0 Å². The first kappa shape index (κ1) is 10.0. The van der Waals surface area contributed by atoms with Gasteiger partial charge in [0.1, 0.15) is 0 Å². The maximum Gasteiger partial charge on any atom is 0.0639 e. The smallest absolute Gasteiger partial charge is 0.0639 e. The van der Waals surface area contributed by atoms with Gasteiger partial charge in [-0.3, -0.25) is 4.90 Å². The van der Waals surface area contributed by atoms with Crippen LogP contribution in [0.5, 0.6) is 0 Å². The molecule has 0 heterocycles. The second-order valence-corrected chi connectivity index (χ2v) is 3.87. The third kappa shape index (κ3) is 2.76. The standard InChI is InChI=1S/C10H21NO/c1-3-11(8-9(2)12)10-6-4-5-7-10/h9-10,12H,3-8H2,1-2H3/t9-/m0/s1. The highest BCUT2D eigenvalue weighted by atomic mass is 16.3. The number of aliphatic hydroxyl groups is 1. The van der Waals surface area contributed by atoms with Gasteiger partial charge in [0, 0.05) is 12.6 Å². The van der Waals surface area contributed by atoms with Crippen molar-refractivity contribution in [3.63, 3.8) is 0 Å². The molecule has 0 saturated heterocycles. The third-order valence-corrected chi connectivity index (χ3v) is 2.75. The van der Waals surface area contributed by atoms with Gasteiger partial charge in [-0.1, -0.05) is 19.8 Å². The van der Waals surface area contributed by atoms with Gasteiger partial charge in [-0.2, -0.15) is 0 Å². The normalized spacial score (nSPS) is 22.0. The van der Waals surface area contributed by atoms with E-state index in [-0.39, 0.29) is 6.10 Å². The Balaban J connectivity index is 2.32. The maximum atomic E-state index is 9.27. The van der Waals surface area contributed by atoms with Crippen LogP contribution < -0.4 is 0 Å². The molecule has 0 radical (unpaired) electrons. The molecule has 0 aromatic rings. The number of hydrogen-bond acceptors (Lipinski definition) is 2. The van der Waals surface area contributed by atoms with Crippen LogP contribution in [0.3, 0.4) is 0 Å². The molecule has 0 aromatic heterocycles. The van der Waals surface area contributed by atoms with Crippen molar-refractivity contribution < 1.29 is 5.11 Å². The van der Waals surface area contributed by atoms with Crippen LogP contribution in [-0.2, 0) is 0 Å². The summed E-state index contributed by atoms with van der Waals surface area (Å²) < 4.78 is 0. The molecule has 12 heavy (non-hydrogen) atoms. The highest BCUT2D eigenvalue weighted by molar-refractivity contribution is 4.77. The Morgan fingerprint density at radius 2 is 2.00 bits per heavy atom. The van der Waals surface area contributed by atoms with Gasteiger partial charge in [-0.05, 0) is 26.3 Å². The molecule has 1 fully saturated rings. The largest absolute Gasteiger partial charge is 0.392 e. The molecular weight excluding hydrogens is 150 g/mol. The fourth-order valence-electron chi connectivity index (χ4n) is 2.15. The molecule has 0 bridgehead atoms. The van der Waals surface area contributed by atoms with Crippen LogP contribution in [0.15, 0.2) is 0 Å². The van der Waals surface area contributed by atoms with Crippen molar-refractivity contribution in [2.75, 3.05) is 13.1 Å². The van der Waals surface area contributed by atoms with Crippen molar-refractivity contribution in [3.05, 3.63) is 0 Å². The summed E-state index contributed by atoms with van der Waals surface area (Å²) in [6.07, 6.45) is 5.24. The molecule has 0 aromatic carbocycles. The van der Waals surface area contributed by atoms with Gasteiger partial charge in [0.05, 0.1) is 6.10 Å². The molecule has 72 valence electrons. The number of likely N-dealkylation sites (N-methyl/N-ethyl adjacent to an activating group) is 1. The third-order valence-electron chi connectivity index (χ3n) is 2.75. The van der Waals surface area contributed by atoms with Gasteiger partial charge in [0.15, 0.2) is 0 Å². The van der Waals surface area contributed by atoms with Crippen LogP contribution in [-0.4, -0.2) is 35.2 Å². The van der Waals surface area contributed by atoms with E-state index < -0.39 is 0 Å². The van der Waals surface area contributed by atoms with Crippen LogP contribution in [0.4, 0.5) is 0 Å². The second kappa shape index (κ2) is 4.83. The van der Waals surface area contributed by atoms with Crippen LogP contribution in [0.2, 0.25) is 0 Å². The van der Waals surface area contributed by atoms with E-state index in [4.69, 9.17) is 0 Å². The molecule has 1 atom stereocenters. The van der Waals surface area contributed by atoms with E-state index >= 15 is 0 Å². The average molecular weight is 171 g/mol. The van der Waals surface area contributed by atoms with E-state index in [1.165, 1.54) is 25.7 Å². The summed E-state index contributed by atoms with van der Waals surface area (Å²) in [4.78, 5) is 2.41. The molecule has 2 heteroatoms. The van der Waals surface area contributed by atoms with Crippen LogP contribution in [0.25, 0.3) is 0 Å². The zero-order chi connectivity index (χ0) is 8.97. The van der Waals surface area contributed by atoms with Crippen molar-refractivity contribution in [2.45, 2.75) is 51.7 Å². The molecule has 1 saturated carbocycles. The lowest BCUT2D eigenvalue weighted by Crippen LogP contribution is -2.38. The molecule has 0 unspecified atom stereocenters. The lowest BCUT2D eigenvalue weighted by molar-refractivity contribution is 0.103. The SMILES string of the molecule is CCN(C[C@H](C)O)C1CCCC1. The van der Waals surface area contributed by atoms with E-state index in [1.54, 1.807) is 0 Å². The fourth-order valence-corrected chi connectivity index (χ4v) is 2.15. The van der Waals surface area contributed by atoms with E-state index in [1.807, 2.05) is 6.92 Å². The minimum atomic E-state index is -0.175. The van der Waals surface area contributed by atoms with E-state index in [2.05, 4.69) is 11.8 Å². The first-order chi connectivity index (χ1) is 5.74. The van der Waals surface area contributed by atoms with Gasteiger partial charge in [0.2, 0.25) is 0 Å². The fraction of sp³-hybridized carbons (Fsp3) is 1.00. The van der Waals surface area contributed by atoms with Crippen LogP contribution in [0.1, 0.15) is 39.5 Å². The quantitative estimate of drug-likeness (QED) is 0.695. The van der Waals surface area contributed by atoms with Crippen molar-refractivity contribution in [1.29, 1.82) is 0 Å². The summed E-state index contributed by atoms with van der Waals surface area (Å²) in [7, 11) is 0. The second-order valence-electron chi connectivity index (χ2n) is 3.87.